The number of amides is 1. The third kappa shape index (κ3) is 6.95. The number of carboxylic acids is 1. The predicted molar refractivity (Wildman–Crippen MR) is 171 cm³/mol. The number of hydrogen-bond acceptors (Lipinski definition) is 7. The molecule has 2 unspecified atom stereocenters. The SMILES string of the molecule is Cn1c(=O)n(CC(=O)NC2Cc3ccccc3C2)c(=O)c2c1nc(N1CCC3CNCC31)n2CCc1ccc(F)cc1.O=C(O)C(F)(F)F. The second-order valence-electron chi connectivity index (χ2n) is 12.6. The lowest BCUT2D eigenvalue weighted by atomic mass is 10.1. The maximum Gasteiger partial charge on any atom is 0.490 e. The number of aryl methyl sites for hydroxylation is 3. The van der Waals surface area contributed by atoms with Crippen molar-refractivity contribution in [2.75, 3.05) is 24.5 Å². The molecule has 3 N–H and O–H groups in total. The number of rotatable bonds is 7. The van der Waals surface area contributed by atoms with E-state index in [0.717, 1.165) is 49.0 Å². The van der Waals surface area contributed by atoms with Crippen LogP contribution in [0.2, 0.25) is 0 Å². The Morgan fingerprint density at radius 1 is 1.02 bits per heavy atom. The van der Waals surface area contributed by atoms with Crippen molar-refractivity contribution in [2.45, 2.75) is 57.0 Å². The fourth-order valence-electron chi connectivity index (χ4n) is 7.00. The van der Waals surface area contributed by atoms with E-state index in [-0.39, 0.29) is 30.4 Å². The number of carbonyl (C=O) groups excluding carboxylic acids is 1. The molecular weight excluding hydrogens is 650 g/mol. The maximum atomic E-state index is 14.0. The van der Waals surface area contributed by atoms with Crippen LogP contribution in [0.5, 0.6) is 0 Å². The molecule has 3 aliphatic rings. The molecule has 0 saturated carbocycles. The quantitative estimate of drug-likeness (QED) is 0.251. The highest BCUT2D eigenvalue weighted by molar-refractivity contribution is 5.78. The van der Waals surface area contributed by atoms with Gasteiger partial charge in [-0.05, 0) is 60.4 Å². The van der Waals surface area contributed by atoms with Gasteiger partial charge in [0.15, 0.2) is 11.2 Å². The molecule has 0 spiro atoms. The van der Waals surface area contributed by atoms with Crippen LogP contribution in [0.3, 0.4) is 0 Å². The number of halogens is 4. The van der Waals surface area contributed by atoms with Gasteiger partial charge in [0.1, 0.15) is 12.4 Å². The van der Waals surface area contributed by atoms with E-state index in [2.05, 4.69) is 27.7 Å². The first-order chi connectivity index (χ1) is 23.3. The van der Waals surface area contributed by atoms with E-state index in [0.29, 0.717) is 36.0 Å². The van der Waals surface area contributed by atoms with E-state index in [1.54, 1.807) is 19.2 Å². The molecule has 12 nitrogen and oxygen atoms in total. The zero-order valence-electron chi connectivity index (χ0n) is 26.5. The number of carboxylic acid groups (broad SMARTS) is 1. The van der Waals surface area contributed by atoms with Crippen LogP contribution in [-0.2, 0) is 49.0 Å². The van der Waals surface area contributed by atoms with Crippen molar-refractivity contribution in [2.24, 2.45) is 13.0 Å². The van der Waals surface area contributed by atoms with Crippen LogP contribution in [0.15, 0.2) is 58.1 Å². The van der Waals surface area contributed by atoms with Crippen molar-refractivity contribution in [1.82, 2.24) is 29.3 Å². The number of alkyl halides is 3. The molecule has 4 aromatic rings. The number of carbonyl (C=O) groups is 2. The van der Waals surface area contributed by atoms with E-state index >= 15 is 0 Å². The lowest BCUT2D eigenvalue weighted by Gasteiger charge is -2.25. The standard InChI is InChI=1S/C31H34FN7O3.C2HF3O2/c1-36-28-27(29(41)39(31(36)42)18-26(40)34-24-14-20-4-2-3-5-21(20)15-24)38(12-10-19-6-8-23(32)9-7-19)30(35-28)37-13-11-22-16-33-17-25(22)37;3-2(4,5)1(6)7/h2-9,22,24-25,33H,10-18H2,1H3,(H,34,40);(H,6,7). The monoisotopic (exact) mass is 685 g/mol. The molecule has 2 saturated heterocycles. The Morgan fingerprint density at radius 3 is 2.31 bits per heavy atom. The largest absolute Gasteiger partial charge is 0.490 e. The zero-order chi connectivity index (χ0) is 35.0. The van der Waals surface area contributed by atoms with Gasteiger partial charge in [0.2, 0.25) is 11.9 Å². The Balaban J connectivity index is 0.000000540. The van der Waals surface area contributed by atoms with Crippen molar-refractivity contribution in [3.63, 3.8) is 0 Å². The highest BCUT2D eigenvalue weighted by atomic mass is 19.4. The lowest BCUT2D eigenvalue weighted by molar-refractivity contribution is -0.192. The van der Waals surface area contributed by atoms with E-state index in [4.69, 9.17) is 14.9 Å². The summed E-state index contributed by atoms with van der Waals surface area (Å²) in [5.41, 5.74) is 2.83. The molecule has 2 aromatic heterocycles. The number of nitrogens with one attached hydrogen (secondary N) is 2. The van der Waals surface area contributed by atoms with Crippen molar-refractivity contribution < 1.29 is 32.3 Å². The van der Waals surface area contributed by atoms with Crippen LogP contribution in [-0.4, -0.2) is 73.6 Å². The van der Waals surface area contributed by atoms with Gasteiger partial charge in [0.05, 0.1) is 0 Å². The van der Waals surface area contributed by atoms with Gasteiger partial charge in [-0.1, -0.05) is 36.4 Å². The fraction of sp³-hybridized carbons (Fsp3) is 0.424. The van der Waals surface area contributed by atoms with Crippen LogP contribution in [0.1, 0.15) is 23.1 Å². The van der Waals surface area contributed by atoms with E-state index in [1.165, 1.54) is 27.8 Å². The molecule has 0 bridgehead atoms. The molecule has 7 rings (SSSR count). The first kappa shape index (κ1) is 33.9. The molecule has 2 aromatic carbocycles. The van der Waals surface area contributed by atoms with Crippen molar-refractivity contribution >= 4 is 29.0 Å². The van der Waals surface area contributed by atoms with Crippen molar-refractivity contribution in [3.8, 4) is 0 Å². The molecule has 260 valence electrons. The van der Waals surface area contributed by atoms with Crippen molar-refractivity contribution in [3.05, 3.63) is 91.9 Å². The Bertz CT molecular complexity index is 1980. The molecule has 0 radical (unpaired) electrons. The van der Waals surface area contributed by atoms with Crippen LogP contribution >= 0.6 is 0 Å². The minimum absolute atomic E-state index is 0.0749. The average molecular weight is 686 g/mol. The summed E-state index contributed by atoms with van der Waals surface area (Å²) in [6.07, 6.45) is -2.07. The fourth-order valence-corrected chi connectivity index (χ4v) is 7.00. The van der Waals surface area contributed by atoms with E-state index in [1.807, 2.05) is 16.7 Å². The summed E-state index contributed by atoms with van der Waals surface area (Å²) in [5, 5.41) is 13.6. The van der Waals surface area contributed by atoms with Gasteiger partial charge >= 0.3 is 17.8 Å². The first-order valence-corrected chi connectivity index (χ1v) is 15.9. The predicted octanol–water partition coefficient (Wildman–Crippen LogP) is 1.99. The van der Waals surface area contributed by atoms with Gasteiger partial charge < -0.3 is 25.2 Å². The highest BCUT2D eigenvalue weighted by Crippen LogP contribution is 2.33. The zero-order valence-corrected chi connectivity index (χ0v) is 26.5. The van der Waals surface area contributed by atoms with Crippen LogP contribution in [0.4, 0.5) is 23.5 Å². The van der Waals surface area contributed by atoms with Gasteiger partial charge in [0, 0.05) is 45.3 Å². The van der Waals surface area contributed by atoms with E-state index < -0.39 is 23.4 Å². The summed E-state index contributed by atoms with van der Waals surface area (Å²) < 4.78 is 49.6. The highest BCUT2D eigenvalue weighted by Gasteiger charge is 2.40. The number of fused-ring (bicyclic) bond motifs is 3. The van der Waals surface area contributed by atoms with Crippen molar-refractivity contribution in [1.29, 1.82) is 0 Å². The molecule has 4 heterocycles. The third-order valence-electron chi connectivity index (χ3n) is 9.41. The lowest BCUT2D eigenvalue weighted by Crippen LogP contribution is -2.45. The normalized spacial score (nSPS) is 18.7. The molecular formula is C33H35F4N7O5. The second-order valence-corrected chi connectivity index (χ2v) is 12.6. The smallest absolute Gasteiger partial charge is 0.475 e. The molecule has 2 atom stereocenters. The van der Waals surface area contributed by atoms with Gasteiger partial charge in [-0.25, -0.2) is 18.5 Å². The first-order valence-electron chi connectivity index (χ1n) is 15.9. The van der Waals surface area contributed by atoms with Crippen LogP contribution in [0.25, 0.3) is 11.2 Å². The Kier molecular flexibility index (Phi) is 9.33. The molecule has 1 amide bonds. The number of aliphatic carboxylic acids is 1. The van der Waals surface area contributed by atoms with Crippen LogP contribution in [0, 0.1) is 11.7 Å². The Labute approximate surface area is 277 Å². The summed E-state index contributed by atoms with van der Waals surface area (Å²) in [6.45, 7) is 2.64. The Hall–Kier alpha value is -4.99. The third-order valence-corrected chi connectivity index (χ3v) is 9.41. The minimum Gasteiger partial charge on any atom is -0.475 e. The average Bonchev–Trinajstić information content (AvgIpc) is 3.84. The Morgan fingerprint density at radius 2 is 1.67 bits per heavy atom. The van der Waals surface area contributed by atoms with Gasteiger partial charge in [-0.3, -0.25) is 14.2 Å². The number of hydrogen-bond donors (Lipinski definition) is 3. The van der Waals surface area contributed by atoms with Gasteiger partial charge in [-0.2, -0.15) is 18.2 Å². The van der Waals surface area contributed by atoms with Gasteiger partial charge in [0.25, 0.3) is 5.56 Å². The number of aromatic nitrogens is 4. The number of anilines is 1. The molecule has 2 aliphatic heterocycles. The molecule has 16 heteroatoms. The molecule has 1 aliphatic carbocycles. The summed E-state index contributed by atoms with van der Waals surface area (Å²) in [7, 11) is 1.59. The summed E-state index contributed by atoms with van der Waals surface area (Å²) in [4.78, 5) is 56.6. The maximum absolute atomic E-state index is 14.0. The number of nitrogens with zero attached hydrogens (tertiary/aromatic N) is 5. The topological polar surface area (TPSA) is 143 Å². The van der Waals surface area contributed by atoms with E-state index in [9.17, 15) is 31.9 Å². The summed E-state index contributed by atoms with van der Waals surface area (Å²) in [5.74, 6) is -2.28. The molecule has 49 heavy (non-hydrogen) atoms. The number of imidazole rings is 1. The summed E-state index contributed by atoms with van der Waals surface area (Å²) >= 11 is 0. The second kappa shape index (κ2) is 13.5. The molecule has 2 fully saturated rings. The minimum atomic E-state index is -5.08. The van der Waals surface area contributed by atoms with Crippen LogP contribution < -0.4 is 26.8 Å². The summed E-state index contributed by atoms with van der Waals surface area (Å²) in [6, 6.07) is 14.6. The number of benzene rings is 2. The van der Waals surface area contributed by atoms with Gasteiger partial charge in [-0.15, -0.1) is 0 Å².